The van der Waals surface area contributed by atoms with Crippen LogP contribution < -0.4 is 5.32 Å². The Kier molecular flexibility index (Phi) is 1.88. The molecule has 0 radical (unpaired) electrons. The van der Waals surface area contributed by atoms with Gasteiger partial charge in [0.25, 0.3) is 0 Å². The van der Waals surface area contributed by atoms with Crippen molar-refractivity contribution in [1.82, 2.24) is 5.32 Å². The minimum absolute atomic E-state index is 0.407. The minimum atomic E-state index is -0.493. The number of halogens is 1. The Bertz CT molecular complexity index is 135. The summed E-state index contributed by atoms with van der Waals surface area (Å²) in [6.07, 6.45) is 4.71. The van der Waals surface area contributed by atoms with Gasteiger partial charge in [-0.05, 0) is 50.6 Å². The Morgan fingerprint density at radius 2 is 1.91 bits per heavy atom. The first-order valence-electron chi connectivity index (χ1n) is 4.66. The molecular formula is C9H16FN. The van der Waals surface area contributed by atoms with Crippen LogP contribution in [-0.2, 0) is 0 Å². The molecule has 2 aliphatic rings. The fourth-order valence-electron chi connectivity index (χ4n) is 2.55. The van der Waals surface area contributed by atoms with Gasteiger partial charge < -0.3 is 5.32 Å². The van der Waals surface area contributed by atoms with Gasteiger partial charge in [-0.25, -0.2) is 4.39 Å². The van der Waals surface area contributed by atoms with E-state index in [4.69, 9.17) is 0 Å². The van der Waals surface area contributed by atoms with Gasteiger partial charge in [0, 0.05) is 0 Å². The molecule has 1 aliphatic heterocycles. The minimum Gasteiger partial charge on any atom is -0.317 e. The zero-order valence-corrected chi connectivity index (χ0v) is 6.91. The van der Waals surface area contributed by atoms with E-state index in [2.05, 4.69) is 5.32 Å². The van der Waals surface area contributed by atoms with E-state index in [9.17, 15) is 4.39 Å². The van der Waals surface area contributed by atoms with E-state index in [0.717, 1.165) is 32.4 Å². The molecule has 1 aliphatic carbocycles. The lowest BCUT2D eigenvalue weighted by Crippen LogP contribution is -2.35. The average molecular weight is 157 g/mol. The van der Waals surface area contributed by atoms with Gasteiger partial charge in [-0.1, -0.05) is 0 Å². The molecule has 64 valence electrons. The predicted molar refractivity (Wildman–Crippen MR) is 43.3 cm³/mol. The number of alkyl halides is 1. The lowest BCUT2D eigenvalue weighted by Gasteiger charge is -2.33. The van der Waals surface area contributed by atoms with E-state index >= 15 is 0 Å². The zero-order valence-electron chi connectivity index (χ0n) is 6.91. The molecule has 1 N–H and O–H groups in total. The molecule has 0 aromatic heterocycles. The maximum atomic E-state index is 12.9. The molecule has 11 heavy (non-hydrogen) atoms. The van der Waals surface area contributed by atoms with E-state index in [1.165, 1.54) is 12.8 Å². The van der Waals surface area contributed by atoms with Gasteiger partial charge >= 0.3 is 0 Å². The van der Waals surface area contributed by atoms with Crippen molar-refractivity contribution in [3.05, 3.63) is 0 Å². The number of piperidine rings is 1. The second-order valence-electron chi connectivity index (χ2n) is 4.09. The Morgan fingerprint density at radius 1 is 1.18 bits per heavy atom. The molecule has 1 saturated heterocycles. The van der Waals surface area contributed by atoms with Crippen LogP contribution in [0.1, 0.15) is 32.1 Å². The quantitative estimate of drug-likeness (QED) is 0.566. The van der Waals surface area contributed by atoms with Crippen LogP contribution in [-0.4, -0.2) is 19.3 Å². The fourth-order valence-corrected chi connectivity index (χ4v) is 2.55. The van der Waals surface area contributed by atoms with Crippen molar-refractivity contribution in [2.24, 2.45) is 5.41 Å². The number of rotatable bonds is 0. The van der Waals surface area contributed by atoms with Crippen molar-refractivity contribution in [3.63, 3.8) is 0 Å². The topological polar surface area (TPSA) is 12.0 Å². The molecule has 1 unspecified atom stereocenters. The van der Waals surface area contributed by atoms with Gasteiger partial charge in [0.05, 0.1) is 0 Å². The smallest absolute Gasteiger partial charge is 0.101 e. The summed E-state index contributed by atoms with van der Waals surface area (Å²) < 4.78 is 12.9. The van der Waals surface area contributed by atoms with E-state index in [1.54, 1.807) is 0 Å². The van der Waals surface area contributed by atoms with Crippen molar-refractivity contribution in [2.45, 2.75) is 38.3 Å². The highest BCUT2D eigenvalue weighted by atomic mass is 19.1. The molecular weight excluding hydrogens is 141 g/mol. The fraction of sp³-hybridized carbons (Fsp3) is 1.00. The molecule has 1 heterocycles. The summed E-state index contributed by atoms with van der Waals surface area (Å²) in [5, 5.41) is 3.33. The second-order valence-corrected chi connectivity index (χ2v) is 4.09. The molecule has 2 rings (SSSR count). The van der Waals surface area contributed by atoms with Gasteiger partial charge in [-0.2, -0.15) is 0 Å². The van der Waals surface area contributed by atoms with Crippen LogP contribution in [0.4, 0.5) is 4.39 Å². The Hall–Kier alpha value is -0.110. The maximum absolute atomic E-state index is 12.9. The van der Waals surface area contributed by atoms with E-state index in [-0.39, 0.29) is 0 Å². The molecule has 0 amide bonds. The Morgan fingerprint density at radius 3 is 2.45 bits per heavy atom. The van der Waals surface area contributed by atoms with Crippen molar-refractivity contribution in [1.29, 1.82) is 0 Å². The first-order valence-corrected chi connectivity index (χ1v) is 4.66. The lowest BCUT2D eigenvalue weighted by molar-refractivity contribution is 0.191. The largest absolute Gasteiger partial charge is 0.317 e. The third-order valence-electron chi connectivity index (χ3n) is 3.31. The summed E-state index contributed by atoms with van der Waals surface area (Å²) in [6, 6.07) is 0. The molecule has 0 aromatic rings. The van der Waals surface area contributed by atoms with Gasteiger partial charge in [-0.15, -0.1) is 0 Å². The molecule has 1 atom stereocenters. The Labute approximate surface area is 67.4 Å². The standard InChI is InChI=1S/C9H16FN/c10-8-1-2-9(7-8)3-5-11-6-4-9/h8,11H,1-7H2. The monoisotopic (exact) mass is 157 g/mol. The maximum Gasteiger partial charge on any atom is 0.101 e. The predicted octanol–water partition coefficient (Wildman–Crippen LogP) is 1.88. The first kappa shape index (κ1) is 7.53. The van der Waals surface area contributed by atoms with Crippen LogP contribution in [0.15, 0.2) is 0 Å². The molecule has 0 aromatic carbocycles. The van der Waals surface area contributed by atoms with Crippen LogP contribution in [0.5, 0.6) is 0 Å². The summed E-state index contributed by atoms with van der Waals surface area (Å²) in [5.41, 5.74) is 0.407. The van der Waals surface area contributed by atoms with Gasteiger partial charge in [-0.3, -0.25) is 0 Å². The lowest BCUT2D eigenvalue weighted by atomic mass is 9.78. The highest BCUT2D eigenvalue weighted by Gasteiger charge is 2.39. The summed E-state index contributed by atoms with van der Waals surface area (Å²) in [4.78, 5) is 0. The van der Waals surface area contributed by atoms with Gasteiger partial charge in [0.2, 0.25) is 0 Å². The molecule has 1 nitrogen and oxygen atoms in total. The highest BCUT2D eigenvalue weighted by Crippen LogP contribution is 2.45. The van der Waals surface area contributed by atoms with Crippen LogP contribution in [0.2, 0.25) is 0 Å². The number of nitrogens with one attached hydrogen (secondary N) is 1. The summed E-state index contributed by atoms with van der Waals surface area (Å²) >= 11 is 0. The van der Waals surface area contributed by atoms with Crippen LogP contribution in [0, 0.1) is 5.41 Å². The van der Waals surface area contributed by atoms with Crippen LogP contribution >= 0.6 is 0 Å². The zero-order chi connectivity index (χ0) is 7.73. The van der Waals surface area contributed by atoms with Crippen LogP contribution in [0.25, 0.3) is 0 Å². The SMILES string of the molecule is FC1CCC2(CCNCC2)C1. The Balaban J connectivity index is 1.98. The van der Waals surface area contributed by atoms with E-state index in [0.29, 0.717) is 5.41 Å². The van der Waals surface area contributed by atoms with Crippen molar-refractivity contribution in [3.8, 4) is 0 Å². The molecule has 1 saturated carbocycles. The summed E-state index contributed by atoms with van der Waals surface area (Å²) in [5.74, 6) is 0. The van der Waals surface area contributed by atoms with Gasteiger partial charge in [0.15, 0.2) is 0 Å². The van der Waals surface area contributed by atoms with E-state index in [1.807, 2.05) is 0 Å². The van der Waals surface area contributed by atoms with Crippen LogP contribution in [0.3, 0.4) is 0 Å². The third kappa shape index (κ3) is 1.41. The second kappa shape index (κ2) is 2.74. The molecule has 2 heteroatoms. The molecule has 2 fully saturated rings. The van der Waals surface area contributed by atoms with Crippen molar-refractivity contribution < 1.29 is 4.39 Å². The van der Waals surface area contributed by atoms with Crippen molar-refractivity contribution >= 4 is 0 Å². The summed E-state index contributed by atoms with van der Waals surface area (Å²) in [6.45, 7) is 2.21. The average Bonchev–Trinajstić information content (AvgIpc) is 2.34. The number of hydrogen-bond donors (Lipinski definition) is 1. The molecule has 1 spiro atoms. The molecule has 0 bridgehead atoms. The highest BCUT2D eigenvalue weighted by molar-refractivity contribution is 4.92. The number of hydrogen-bond acceptors (Lipinski definition) is 1. The summed E-state index contributed by atoms with van der Waals surface area (Å²) in [7, 11) is 0. The first-order chi connectivity index (χ1) is 5.31. The van der Waals surface area contributed by atoms with E-state index < -0.39 is 6.17 Å². The van der Waals surface area contributed by atoms with Gasteiger partial charge in [0.1, 0.15) is 6.17 Å². The third-order valence-corrected chi connectivity index (χ3v) is 3.31. The van der Waals surface area contributed by atoms with Crippen molar-refractivity contribution in [2.75, 3.05) is 13.1 Å². The normalized spacial score (nSPS) is 36.3.